The van der Waals surface area contributed by atoms with E-state index in [1.807, 2.05) is 0 Å². The molecule has 0 saturated carbocycles. The molecule has 4 atom stereocenters. The van der Waals surface area contributed by atoms with Gasteiger partial charge in [0.05, 0.1) is 36.5 Å². The molecule has 5 aromatic carbocycles. The second-order valence-corrected chi connectivity index (χ2v) is 16.8. The van der Waals surface area contributed by atoms with E-state index >= 15 is 0 Å². The topological polar surface area (TPSA) is 200 Å². The largest absolute Gasteiger partial charge is 0.324 e. The van der Waals surface area contributed by atoms with Crippen LogP contribution >= 0.6 is 69.6 Å². The van der Waals surface area contributed by atoms with E-state index in [1.54, 1.807) is 62.4 Å². The predicted molar refractivity (Wildman–Crippen MR) is 252 cm³/mol. The fourth-order valence-corrected chi connectivity index (χ4v) is 7.08. The van der Waals surface area contributed by atoms with E-state index in [9.17, 15) is 28.8 Å². The zero-order valence-electron chi connectivity index (χ0n) is 34.1. The molecule has 0 aliphatic carbocycles. The quantitative estimate of drug-likeness (QED) is 0.0430. The van der Waals surface area contributed by atoms with E-state index < -0.39 is 47.3 Å². The zero-order chi connectivity index (χ0) is 46.8. The Balaban J connectivity index is 1.27. The number of carbonyl (C=O) groups is 6. The van der Waals surface area contributed by atoms with E-state index in [2.05, 4.69) is 41.7 Å². The minimum atomic E-state index is -1.71. The lowest BCUT2D eigenvalue weighted by Gasteiger charge is -2.15. The van der Waals surface area contributed by atoms with Crippen LogP contribution < -0.4 is 21.3 Å². The summed E-state index contributed by atoms with van der Waals surface area (Å²) in [5.41, 5.74) is 2.59. The van der Waals surface area contributed by atoms with Crippen LogP contribution in [0, 0.1) is 0 Å². The number of nitrogens with one attached hydrogen (secondary N) is 4. The van der Waals surface area contributed by atoms with Crippen LogP contribution in [0.4, 0.5) is 34.1 Å². The maximum atomic E-state index is 13.4. The fraction of sp³-hybridized carbons (Fsp3) is 0.182. The molecule has 330 valence electrons. The van der Waals surface area contributed by atoms with Gasteiger partial charge in [-0.25, -0.2) is 0 Å². The number of amides is 4. The summed E-state index contributed by atoms with van der Waals surface area (Å²) in [5, 5.41) is 25.4. The van der Waals surface area contributed by atoms with Gasteiger partial charge in [0.25, 0.3) is 23.6 Å². The summed E-state index contributed by atoms with van der Waals surface area (Å²) in [6, 6.07) is 21.6. The van der Waals surface area contributed by atoms with Gasteiger partial charge in [-0.1, -0.05) is 82.8 Å². The third kappa shape index (κ3) is 12.7. The minimum absolute atomic E-state index is 0.000941. The molecule has 4 unspecified atom stereocenters. The monoisotopic (exact) mass is 982 g/mol. The summed E-state index contributed by atoms with van der Waals surface area (Å²) in [4.78, 5) is 78.1. The molecular weight excluding hydrogens is 949 g/mol. The van der Waals surface area contributed by atoms with Gasteiger partial charge in [0.2, 0.25) is 12.1 Å². The van der Waals surface area contributed by atoms with E-state index in [0.717, 1.165) is 13.8 Å². The predicted octanol–water partition coefficient (Wildman–Crippen LogP) is 12.8. The molecule has 4 amide bonds. The van der Waals surface area contributed by atoms with Crippen LogP contribution in [0.15, 0.2) is 118 Å². The molecule has 0 aromatic heterocycles. The van der Waals surface area contributed by atoms with Crippen molar-refractivity contribution in [2.24, 2.45) is 20.5 Å². The van der Waals surface area contributed by atoms with Crippen molar-refractivity contribution in [1.82, 2.24) is 0 Å². The number of halogens is 6. The Bertz CT molecular complexity index is 2690. The van der Waals surface area contributed by atoms with Gasteiger partial charge in [-0.2, -0.15) is 20.5 Å². The van der Waals surface area contributed by atoms with Gasteiger partial charge in [0.15, 0.2) is 11.6 Å². The van der Waals surface area contributed by atoms with Crippen molar-refractivity contribution in [2.75, 3.05) is 21.3 Å². The molecule has 5 rings (SSSR count). The van der Waals surface area contributed by atoms with Gasteiger partial charge in [0, 0.05) is 28.2 Å². The number of hydrogen-bond donors (Lipinski definition) is 4. The van der Waals surface area contributed by atoms with Crippen LogP contribution in [0.25, 0.3) is 0 Å². The standard InChI is InChI=1S/C44H36Cl6N8O6/c1-21(45)28-9-5-7-11-34(28)52-41(61)25-13-15-30(47)36(17-25)55-57-38(23(3)59)43(63)51-27-19-32(49)40(33(50)20-27)54-44(64)39(24(4)60)58-56-37-18-26(14-16-31(37)48)42(62)53-35-12-8-6-10-29(35)22(2)46/h5-22,38-39H,1-4H3,(H,51,63)(H,52,61)(H,53,62)(H,54,64). The molecule has 64 heavy (non-hydrogen) atoms. The highest BCUT2D eigenvalue weighted by atomic mass is 35.5. The first kappa shape index (κ1) is 49.3. The maximum absolute atomic E-state index is 13.4. The number of azo groups is 2. The summed E-state index contributed by atoms with van der Waals surface area (Å²) in [5.74, 6) is -4.30. The zero-order valence-corrected chi connectivity index (χ0v) is 38.6. The molecule has 20 heteroatoms. The van der Waals surface area contributed by atoms with Crippen molar-refractivity contribution in [1.29, 1.82) is 0 Å². The van der Waals surface area contributed by atoms with Crippen LogP contribution in [0.5, 0.6) is 0 Å². The number of carbonyl (C=O) groups excluding carboxylic acids is 6. The number of para-hydroxylation sites is 2. The van der Waals surface area contributed by atoms with Crippen molar-refractivity contribution in [3.05, 3.63) is 139 Å². The highest BCUT2D eigenvalue weighted by molar-refractivity contribution is 6.40. The average Bonchev–Trinajstić information content (AvgIpc) is 3.23. The van der Waals surface area contributed by atoms with Gasteiger partial charge in [-0.05, 0) is 99.5 Å². The summed E-state index contributed by atoms with van der Waals surface area (Å²) in [6.07, 6.45) is 0. The van der Waals surface area contributed by atoms with Crippen molar-refractivity contribution in [3.63, 3.8) is 0 Å². The molecule has 0 heterocycles. The molecule has 0 saturated heterocycles. The van der Waals surface area contributed by atoms with Crippen molar-refractivity contribution < 1.29 is 28.8 Å². The molecule has 0 aliphatic rings. The average molecular weight is 986 g/mol. The van der Waals surface area contributed by atoms with E-state index in [0.29, 0.717) is 22.5 Å². The molecule has 0 fully saturated rings. The lowest BCUT2D eigenvalue weighted by molar-refractivity contribution is -0.127. The summed E-state index contributed by atoms with van der Waals surface area (Å²) in [6.45, 7) is 5.77. The van der Waals surface area contributed by atoms with E-state index in [1.165, 1.54) is 48.5 Å². The highest BCUT2D eigenvalue weighted by Gasteiger charge is 2.27. The summed E-state index contributed by atoms with van der Waals surface area (Å²) < 4.78 is 0. The van der Waals surface area contributed by atoms with Crippen molar-refractivity contribution >= 4 is 139 Å². The van der Waals surface area contributed by atoms with E-state index in [4.69, 9.17) is 69.6 Å². The van der Waals surface area contributed by atoms with Gasteiger partial charge in [0.1, 0.15) is 11.4 Å². The van der Waals surface area contributed by atoms with Crippen LogP contribution in [0.1, 0.15) is 70.3 Å². The SMILES string of the molecule is CC(=O)C(N=Nc1cc(C(=O)Nc2ccccc2C(C)Cl)ccc1Cl)C(=O)Nc1cc(Cl)c(NC(=O)C(N=Nc2cc(C(=O)Nc3ccccc3C(C)Cl)ccc2Cl)C(C)=O)c(Cl)c1. The van der Waals surface area contributed by atoms with Crippen LogP contribution in [-0.2, 0) is 19.2 Å². The first-order chi connectivity index (χ1) is 30.3. The molecule has 0 bridgehead atoms. The third-order valence-corrected chi connectivity index (χ3v) is 10.8. The Labute approximate surface area is 397 Å². The first-order valence-corrected chi connectivity index (χ1v) is 21.3. The van der Waals surface area contributed by atoms with E-state index in [-0.39, 0.29) is 64.7 Å². The van der Waals surface area contributed by atoms with Crippen molar-refractivity contribution in [2.45, 2.75) is 50.5 Å². The Kier molecular flexibility index (Phi) is 17.1. The fourth-order valence-electron chi connectivity index (χ4n) is 5.81. The maximum Gasteiger partial charge on any atom is 0.258 e. The number of benzene rings is 5. The van der Waals surface area contributed by atoms with Crippen LogP contribution in [-0.4, -0.2) is 47.3 Å². The first-order valence-electron chi connectivity index (χ1n) is 19.0. The molecule has 4 N–H and O–H groups in total. The number of hydrogen-bond acceptors (Lipinski definition) is 10. The molecule has 0 radical (unpaired) electrons. The van der Waals surface area contributed by atoms with Gasteiger partial charge in [-0.15, -0.1) is 23.2 Å². The molecule has 5 aromatic rings. The number of alkyl halides is 2. The lowest BCUT2D eigenvalue weighted by Crippen LogP contribution is -2.32. The highest BCUT2D eigenvalue weighted by Crippen LogP contribution is 2.36. The summed E-state index contributed by atoms with van der Waals surface area (Å²) in [7, 11) is 0. The number of nitrogens with zero attached hydrogens (tertiary/aromatic N) is 4. The second kappa shape index (κ2) is 22.2. The molecule has 0 spiro atoms. The number of rotatable bonds is 16. The molecule has 0 aliphatic heterocycles. The Morgan fingerprint density at radius 3 is 1.28 bits per heavy atom. The number of Topliss-reactive ketones (excluding diaryl/α,β-unsaturated/α-hetero) is 2. The second-order valence-electron chi connectivity index (χ2n) is 13.9. The summed E-state index contributed by atoms with van der Waals surface area (Å²) >= 11 is 38.1. The van der Waals surface area contributed by atoms with Crippen molar-refractivity contribution in [3.8, 4) is 0 Å². The van der Waals surface area contributed by atoms with Gasteiger partial charge < -0.3 is 21.3 Å². The van der Waals surface area contributed by atoms with Gasteiger partial charge >= 0.3 is 0 Å². The van der Waals surface area contributed by atoms with Crippen LogP contribution in [0.2, 0.25) is 20.1 Å². The number of ketones is 2. The normalized spacial score (nSPS) is 13.2. The Morgan fingerprint density at radius 1 is 0.500 bits per heavy atom. The molecular formula is C44H36Cl6N8O6. The number of anilines is 4. The Morgan fingerprint density at radius 2 is 0.891 bits per heavy atom. The third-order valence-electron chi connectivity index (χ3n) is 9.08. The lowest BCUT2D eigenvalue weighted by atomic mass is 10.1. The Hall–Kier alpha value is -5.74. The van der Waals surface area contributed by atoms with Gasteiger partial charge in [-0.3, -0.25) is 28.8 Å². The van der Waals surface area contributed by atoms with Crippen LogP contribution in [0.3, 0.4) is 0 Å². The molecule has 14 nitrogen and oxygen atoms in total. The smallest absolute Gasteiger partial charge is 0.258 e. The minimum Gasteiger partial charge on any atom is -0.324 e.